The third-order valence-corrected chi connectivity index (χ3v) is 5.87. The van der Waals surface area contributed by atoms with Crippen LogP contribution in [-0.2, 0) is 4.79 Å². The van der Waals surface area contributed by atoms with Gasteiger partial charge < -0.3 is 9.47 Å². The first-order valence-electron chi connectivity index (χ1n) is 7.15. The minimum absolute atomic E-state index is 0.0639. The van der Waals surface area contributed by atoms with Crippen molar-refractivity contribution in [3.8, 4) is 11.5 Å². The van der Waals surface area contributed by atoms with Crippen LogP contribution in [0.25, 0.3) is 0 Å². The molecule has 0 radical (unpaired) electrons. The Bertz CT molecular complexity index is 769. The lowest BCUT2D eigenvalue weighted by atomic mass is 10.1. The first kappa shape index (κ1) is 17.5. The van der Waals surface area contributed by atoms with Gasteiger partial charge in [-0.1, -0.05) is 27.5 Å². The van der Waals surface area contributed by atoms with Gasteiger partial charge in [-0.05, 0) is 36.4 Å². The van der Waals surface area contributed by atoms with Crippen molar-refractivity contribution in [1.29, 1.82) is 0 Å². The summed E-state index contributed by atoms with van der Waals surface area (Å²) in [5, 5.41) is 0.495. The zero-order valence-electron chi connectivity index (χ0n) is 13.1. The molecule has 1 aliphatic heterocycles. The van der Waals surface area contributed by atoms with Gasteiger partial charge in [0.25, 0.3) is 0 Å². The molecular formula is C17H15BrClNO3S. The number of ether oxygens (including phenoxy) is 2. The number of methoxy groups -OCH3 is 2. The highest BCUT2D eigenvalue weighted by atomic mass is 79.9. The summed E-state index contributed by atoms with van der Waals surface area (Å²) in [4.78, 5) is 14.2. The molecule has 2 aromatic rings. The summed E-state index contributed by atoms with van der Waals surface area (Å²) in [5.74, 6) is 1.76. The fourth-order valence-electron chi connectivity index (χ4n) is 2.59. The number of carbonyl (C=O) groups is 1. The highest BCUT2D eigenvalue weighted by molar-refractivity contribution is 9.10. The van der Waals surface area contributed by atoms with Crippen LogP contribution in [0.1, 0.15) is 10.9 Å². The molecule has 4 nitrogen and oxygen atoms in total. The summed E-state index contributed by atoms with van der Waals surface area (Å²) < 4.78 is 11.6. The van der Waals surface area contributed by atoms with E-state index in [1.165, 1.54) is 0 Å². The largest absolute Gasteiger partial charge is 0.493 e. The van der Waals surface area contributed by atoms with Crippen LogP contribution < -0.4 is 14.4 Å². The molecule has 1 atom stereocenters. The predicted molar refractivity (Wildman–Crippen MR) is 101 cm³/mol. The van der Waals surface area contributed by atoms with E-state index in [4.69, 9.17) is 21.1 Å². The third-order valence-electron chi connectivity index (χ3n) is 3.74. The van der Waals surface area contributed by atoms with Crippen molar-refractivity contribution < 1.29 is 14.3 Å². The predicted octanol–water partition coefficient (Wildman–Crippen LogP) is 4.90. The Morgan fingerprint density at radius 2 is 1.79 bits per heavy atom. The molecule has 0 unspecified atom stereocenters. The van der Waals surface area contributed by atoms with Crippen molar-refractivity contribution in [1.82, 2.24) is 0 Å². The van der Waals surface area contributed by atoms with Gasteiger partial charge in [-0.2, -0.15) is 0 Å². The number of nitrogens with zero attached hydrogens (tertiary/aromatic N) is 1. The molecule has 24 heavy (non-hydrogen) atoms. The first-order chi connectivity index (χ1) is 11.5. The lowest BCUT2D eigenvalue weighted by Crippen LogP contribution is -2.27. The second-order valence-corrected chi connectivity index (χ2v) is 7.49. The van der Waals surface area contributed by atoms with Gasteiger partial charge in [-0.3, -0.25) is 9.69 Å². The molecule has 126 valence electrons. The van der Waals surface area contributed by atoms with Crippen LogP contribution in [-0.4, -0.2) is 25.9 Å². The molecule has 1 heterocycles. The number of halogens is 2. The van der Waals surface area contributed by atoms with E-state index in [0.717, 1.165) is 15.7 Å². The van der Waals surface area contributed by atoms with E-state index < -0.39 is 0 Å². The molecule has 1 aliphatic rings. The average Bonchev–Trinajstić information content (AvgIpc) is 2.96. The number of rotatable bonds is 4. The zero-order valence-corrected chi connectivity index (χ0v) is 16.2. The van der Waals surface area contributed by atoms with E-state index >= 15 is 0 Å². The number of hydrogen-bond acceptors (Lipinski definition) is 4. The molecule has 1 saturated heterocycles. The van der Waals surface area contributed by atoms with Crippen molar-refractivity contribution in [2.24, 2.45) is 0 Å². The van der Waals surface area contributed by atoms with Crippen LogP contribution in [0.5, 0.6) is 11.5 Å². The Morgan fingerprint density at radius 3 is 2.42 bits per heavy atom. The molecule has 0 saturated carbocycles. The second-order valence-electron chi connectivity index (χ2n) is 5.13. The maximum atomic E-state index is 12.4. The normalized spacial score (nSPS) is 17.2. The fourth-order valence-corrected chi connectivity index (χ4v) is 4.61. The smallest absolute Gasteiger partial charge is 0.238 e. The van der Waals surface area contributed by atoms with Gasteiger partial charge in [0.1, 0.15) is 5.37 Å². The van der Waals surface area contributed by atoms with Crippen molar-refractivity contribution in [3.63, 3.8) is 0 Å². The molecule has 0 N–H and O–H groups in total. The van der Waals surface area contributed by atoms with E-state index in [2.05, 4.69) is 15.9 Å². The fraction of sp³-hybridized carbons (Fsp3) is 0.235. The van der Waals surface area contributed by atoms with Crippen molar-refractivity contribution in [3.05, 3.63) is 51.5 Å². The lowest BCUT2D eigenvalue weighted by molar-refractivity contribution is -0.115. The molecular weight excluding hydrogens is 414 g/mol. The number of hydrogen-bond donors (Lipinski definition) is 0. The van der Waals surface area contributed by atoms with Gasteiger partial charge in [0, 0.05) is 20.7 Å². The van der Waals surface area contributed by atoms with Gasteiger partial charge in [0.05, 0.1) is 20.0 Å². The van der Waals surface area contributed by atoms with Gasteiger partial charge >= 0.3 is 0 Å². The number of amides is 1. The summed E-state index contributed by atoms with van der Waals surface area (Å²) in [5.41, 5.74) is 1.78. The van der Waals surface area contributed by atoms with Crippen molar-refractivity contribution >= 4 is 50.9 Å². The lowest BCUT2D eigenvalue weighted by Gasteiger charge is -2.26. The monoisotopic (exact) mass is 427 g/mol. The van der Waals surface area contributed by atoms with Crippen molar-refractivity contribution in [2.45, 2.75) is 5.37 Å². The average molecular weight is 429 g/mol. The Morgan fingerprint density at radius 1 is 1.17 bits per heavy atom. The Hall–Kier alpha value is -1.37. The van der Waals surface area contributed by atoms with Gasteiger partial charge in [-0.25, -0.2) is 0 Å². The number of benzene rings is 2. The summed E-state index contributed by atoms with van der Waals surface area (Å²) >= 11 is 11.1. The van der Waals surface area contributed by atoms with E-state index in [-0.39, 0.29) is 11.3 Å². The van der Waals surface area contributed by atoms with E-state index in [1.807, 2.05) is 24.3 Å². The molecule has 3 rings (SSSR count). The van der Waals surface area contributed by atoms with Gasteiger partial charge in [0.15, 0.2) is 11.5 Å². The molecule has 0 aromatic heterocycles. The summed E-state index contributed by atoms with van der Waals surface area (Å²) in [6, 6.07) is 11.0. The minimum atomic E-state index is -0.146. The first-order valence-corrected chi connectivity index (χ1v) is 9.37. The number of anilines is 1. The number of thioether (sulfide) groups is 1. The van der Waals surface area contributed by atoms with Crippen LogP contribution in [0.15, 0.2) is 40.9 Å². The van der Waals surface area contributed by atoms with Crippen LogP contribution in [0.3, 0.4) is 0 Å². The van der Waals surface area contributed by atoms with E-state index in [0.29, 0.717) is 22.3 Å². The maximum Gasteiger partial charge on any atom is 0.238 e. The summed E-state index contributed by atoms with van der Waals surface area (Å²) in [6.45, 7) is 0. The number of carbonyl (C=O) groups excluding carboxylic acids is 1. The van der Waals surface area contributed by atoms with Crippen LogP contribution in [0, 0.1) is 0 Å². The standard InChI is InChI=1S/C17H15BrClNO3S/c1-22-14-7-12(13(18)8-15(14)23-2)17-20(16(21)9-24-17)11-5-3-10(19)4-6-11/h3-8,17H,9H2,1-2H3/t17-/m0/s1. The Balaban J connectivity index is 2.04. The molecule has 1 fully saturated rings. The van der Waals surface area contributed by atoms with Gasteiger partial charge in [-0.15, -0.1) is 11.8 Å². The third kappa shape index (κ3) is 3.23. The van der Waals surface area contributed by atoms with Crippen LogP contribution in [0.2, 0.25) is 5.02 Å². The zero-order chi connectivity index (χ0) is 17.3. The second kappa shape index (κ2) is 7.25. The molecule has 0 aliphatic carbocycles. The highest BCUT2D eigenvalue weighted by Crippen LogP contribution is 2.46. The van der Waals surface area contributed by atoms with E-state index in [9.17, 15) is 4.79 Å². The Labute approximate surface area is 158 Å². The molecule has 7 heteroatoms. The SMILES string of the molecule is COc1cc(Br)c([C@@H]2SCC(=O)N2c2ccc(Cl)cc2)cc1OC. The molecule has 0 spiro atoms. The molecule has 1 amide bonds. The van der Waals surface area contributed by atoms with Crippen LogP contribution in [0.4, 0.5) is 5.69 Å². The summed E-state index contributed by atoms with van der Waals surface area (Å²) in [7, 11) is 3.19. The van der Waals surface area contributed by atoms with Gasteiger partial charge in [0.2, 0.25) is 5.91 Å². The Kier molecular flexibility index (Phi) is 5.27. The molecule has 2 aromatic carbocycles. The minimum Gasteiger partial charge on any atom is -0.493 e. The maximum absolute atomic E-state index is 12.4. The van der Waals surface area contributed by atoms with Crippen LogP contribution >= 0.6 is 39.3 Å². The topological polar surface area (TPSA) is 38.8 Å². The van der Waals surface area contributed by atoms with E-state index in [1.54, 1.807) is 43.0 Å². The molecule has 0 bridgehead atoms. The van der Waals surface area contributed by atoms with Crippen molar-refractivity contribution in [2.75, 3.05) is 24.9 Å². The summed E-state index contributed by atoms with van der Waals surface area (Å²) in [6.07, 6.45) is 0. The quantitative estimate of drug-likeness (QED) is 0.694. The highest BCUT2D eigenvalue weighted by Gasteiger charge is 2.35.